The second-order valence-electron chi connectivity index (χ2n) is 7.28. The van der Waals surface area contributed by atoms with E-state index in [0.29, 0.717) is 5.02 Å². The van der Waals surface area contributed by atoms with E-state index in [1.54, 1.807) is 0 Å². The van der Waals surface area contributed by atoms with Gasteiger partial charge in [-0.1, -0.05) is 35.9 Å². The normalized spacial score (nSPS) is 18.3. The number of rotatable bonds is 7. The molecule has 1 atom stereocenters. The summed E-state index contributed by atoms with van der Waals surface area (Å²) >= 11 is 5.95. The van der Waals surface area contributed by atoms with Gasteiger partial charge in [-0.3, -0.25) is 4.79 Å². The minimum Gasteiger partial charge on any atom is -0.487 e. The lowest BCUT2D eigenvalue weighted by atomic mass is 9.91. The van der Waals surface area contributed by atoms with E-state index in [1.807, 2.05) is 42.5 Å². The Morgan fingerprint density at radius 1 is 1.19 bits per heavy atom. The number of hydrogen-bond donors (Lipinski definition) is 3. The first-order chi connectivity index (χ1) is 12.9. The molecule has 0 unspecified atom stereocenters. The summed E-state index contributed by atoms with van der Waals surface area (Å²) in [5.41, 5.74) is 2.78. The molecule has 2 aromatic carbocycles. The Hall–Kier alpha value is -2.08. The lowest BCUT2D eigenvalue weighted by molar-refractivity contribution is -0.121. The zero-order valence-electron chi connectivity index (χ0n) is 15.2. The van der Waals surface area contributed by atoms with Gasteiger partial charge in [0, 0.05) is 17.9 Å². The minimum absolute atomic E-state index is 0.192. The summed E-state index contributed by atoms with van der Waals surface area (Å²) in [6.45, 7) is 1.51. The first-order valence-electron chi connectivity index (χ1n) is 8.97. The van der Waals surface area contributed by atoms with Crippen LogP contribution in [0, 0.1) is 0 Å². The number of nitrogens with one attached hydrogen (secondary N) is 1. The molecular weight excluding hydrogens is 366 g/mol. The highest BCUT2D eigenvalue weighted by molar-refractivity contribution is 6.30. The molecule has 0 aromatic heterocycles. The Balaban J connectivity index is 1.65. The van der Waals surface area contributed by atoms with E-state index < -0.39 is 6.04 Å². The third-order valence-corrected chi connectivity index (χ3v) is 4.96. The number of aliphatic hydroxyl groups excluding tert-OH is 2. The number of fused-ring (bicyclic) bond motifs is 1. The van der Waals surface area contributed by atoms with Gasteiger partial charge in [0.25, 0.3) is 0 Å². The number of hydrogen-bond acceptors (Lipinski definition) is 4. The van der Waals surface area contributed by atoms with Crippen LogP contribution in [0.2, 0.25) is 5.02 Å². The van der Waals surface area contributed by atoms with E-state index >= 15 is 0 Å². The van der Waals surface area contributed by atoms with Crippen LogP contribution in [0.5, 0.6) is 5.75 Å². The summed E-state index contributed by atoms with van der Waals surface area (Å²) in [7, 11) is 0. The van der Waals surface area contributed by atoms with Crippen molar-refractivity contribution in [1.82, 2.24) is 5.32 Å². The summed E-state index contributed by atoms with van der Waals surface area (Å²) < 4.78 is 6.19. The second kappa shape index (κ2) is 8.30. The van der Waals surface area contributed by atoms with Crippen molar-refractivity contribution in [2.45, 2.75) is 37.8 Å². The van der Waals surface area contributed by atoms with Crippen molar-refractivity contribution in [2.24, 2.45) is 0 Å². The first-order valence-corrected chi connectivity index (χ1v) is 9.35. The average Bonchev–Trinajstić information content (AvgIpc) is 2.96. The summed E-state index contributed by atoms with van der Waals surface area (Å²) in [4.78, 5) is 12.1. The van der Waals surface area contributed by atoms with Crippen LogP contribution in [0.15, 0.2) is 42.5 Å². The van der Waals surface area contributed by atoms with Gasteiger partial charge in [-0.2, -0.15) is 0 Å². The van der Waals surface area contributed by atoms with Crippen molar-refractivity contribution >= 4 is 17.5 Å². The fourth-order valence-corrected chi connectivity index (χ4v) is 3.56. The Morgan fingerprint density at radius 3 is 2.52 bits per heavy atom. The van der Waals surface area contributed by atoms with Gasteiger partial charge in [0.2, 0.25) is 5.91 Å². The predicted molar refractivity (Wildman–Crippen MR) is 104 cm³/mol. The molecular formula is C21H24ClNO4. The molecule has 0 fully saturated rings. The summed E-state index contributed by atoms with van der Waals surface area (Å²) in [5.74, 6) is 0.616. The molecule has 144 valence electrons. The zero-order chi connectivity index (χ0) is 19.4. The second-order valence-corrected chi connectivity index (χ2v) is 7.72. The number of aliphatic hydroxyl groups is 2. The van der Waals surface area contributed by atoms with Crippen LogP contribution >= 0.6 is 11.6 Å². The average molecular weight is 390 g/mol. The maximum Gasteiger partial charge on any atom is 0.224 e. The van der Waals surface area contributed by atoms with Crippen LogP contribution in [0.4, 0.5) is 0 Å². The highest BCUT2D eigenvalue weighted by Crippen LogP contribution is 2.37. The molecule has 2 aromatic rings. The third-order valence-electron chi connectivity index (χ3n) is 4.71. The fourth-order valence-electron chi connectivity index (χ4n) is 3.43. The first kappa shape index (κ1) is 19.7. The number of amides is 1. The third kappa shape index (κ3) is 5.01. The number of benzene rings is 2. The highest BCUT2D eigenvalue weighted by Gasteiger charge is 2.35. The zero-order valence-corrected chi connectivity index (χ0v) is 16.0. The van der Waals surface area contributed by atoms with E-state index in [4.69, 9.17) is 26.6 Å². The largest absolute Gasteiger partial charge is 0.487 e. The molecule has 0 bridgehead atoms. The SMILES string of the molecule is C[C@]1(Cc2ccc(Cl)cc2)Cc2cc(CC(=O)NC(CO)CO)ccc2O1. The maximum absolute atomic E-state index is 12.1. The van der Waals surface area contributed by atoms with Gasteiger partial charge in [-0.05, 0) is 41.8 Å². The van der Waals surface area contributed by atoms with Crippen LogP contribution in [-0.4, -0.2) is 41.0 Å². The lowest BCUT2D eigenvalue weighted by Crippen LogP contribution is -2.40. The quantitative estimate of drug-likeness (QED) is 0.679. The van der Waals surface area contributed by atoms with Gasteiger partial charge >= 0.3 is 0 Å². The highest BCUT2D eigenvalue weighted by atomic mass is 35.5. The molecule has 27 heavy (non-hydrogen) atoms. The Bertz CT molecular complexity index is 804. The molecule has 6 heteroatoms. The van der Waals surface area contributed by atoms with Gasteiger partial charge in [0.15, 0.2) is 0 Å². The molecule has 0 radical (unpaired) electrons. The molecule has 3 N–H and O–H groups in total. The van der Waals surface area contributed by atoms with Gasteiger partial charge < -0.3 is 20.3 Å². The van der Waals surface area contributed by atoms with Crippen LogP contribution in [0.3, 0.4) is 0 Å². The van der Waals surface area contributed by atoms with Crippen LogP contribution in [0.1, 0.15) is 23.6 Å². The maximum atomic E-state index is 12.1. The molecule has 1 aliphatic heterocycles. The molecule has 1 amide bonds. The number of ether oxygens (including phenoxy) is 1. The molecule has 5 nitrogen and oxygen atoms in total. The summed E-state index contributed by atoms with van der Waals surface area (Å²) in [6.07, 6.45) is 1.72. The van der Waals surface area contributed by atoms with Crippen molar-refractivity contribution < 1.29 is 19.7 Å². The van der Waals surface area contributed by atoms with E-state index in [2.05, 4.69) is 12.2 Å². The van der Waals surface area contributed by atoms with Crippen LogP contribution < -0.4 is 10.1 Å². The number of halogens is 1. The van der Waals surface area contributed by atoms with Crippen LogP contribution in [-0.2, 0) is 24.1 Å². The van der Waals surface area contributed by atoms with E-state index in [-0.39, 0.29) is 31.1 Å². The smallest absolute Gasteiger partial charge is 0.224 e. The number of carbonyl (C=O) groups excluding carboxylic acids is 1. The van der Waals surface area contributed by atoms with Gasteiger partial charge in [-0.15, -0.1) is 0 Å². The summed E-state index contributed by atoms with van der Waals surface area (Å²) in [6, 6.07) is 12.9. The summed E-state index contributed by atoms with van der Waals surface area (Å²) in [5, 5.41) is 21.4. The van der Waals surface area contributed by atoms with Gasteiger partial charge in [0.1, 0.15) is 11.4 Å². The van der Waals surface area contributed by atoms with Crippen molar-refractivity contribution in [2.75, 3.05) is 13.2 Å². The molecule has 3 rings (SSSR count). The molecule has 1 aliphatic rings. The van der Waals surface area contributed by atoms with E-state index in [1.165, 1.54) is 0 Å². The topological polar surface area (TPSA) is 78.8 Å². The Labute approximate surface area is 163 Å². The molecule has 0 aliphatic carbocycles. The predicted octanol–water partition coefficient (Wildman–Crippen LogP) is 2.29. The van der Waals surface area contributed by atoms with Crippen molar-refractivity contribution in [3.8, 4) is 5.75 Å². The van der Waals surface area contributed by atoms with Crippen molar-refractivity contribution in [1.29, 1.82) is 0 Å². The monoisotopic (exact) mass is 389 g/mol. The minimum atomic E-state index is -0.627. The Morgan fingerprint density at radius 2 is 1.85 bits per heavy atom. The molecule has 0 spiro atoms. The lowest BCUT2D eigenvalue weighted by Gasteiger charge is -2.24. The van der Waals surface area contributed by atoms with Crippen LogP contribution in [0.25, 0.3) is 0 Å². The van der Waals surface area contributed by atoms with Gasteiger partial charge in [0.05, 0.1) is 25.7 Å². The van der Waals surface area contributed by atoms with E-state index in [0.717, 1.165) is 35.3 Å². The van der Waals surface area contributed by atoms with E-state index in [9.17, 15) is 4.79 Å². The number of carbonyl (C=O) groups is 1. The molecule has 0 saturated heterocycles. The van der Waals surface area contributed by atoms with Crippen molar-refractivity contribution in [3.63, 3.8) is 0 Å². The fraction of sp³-hybridized carbons (Fsp3) is 0.381. The Kier molecular flexibility index (Phi) is 6.05. The molecule has 1 heterocycles. The van der Waals surface area contributed by atoms with Crippen molar-refractivity contribution in [3.05, 3.63) is 64.2 Å². The standard InChI is InChI=1S/C21H24ClNO4/c1-21(10-14-2-5-17(22)6-3-14)11-16-8-15(4-7-19(16)27-21)9-20(26)23-18(12-24)13-25/h2-8,18,24-25H,9-13H2,1H3,(H,23,26)/t21-/m0/s1. The van der Waals surface area contributed by atoms with Gasteiger partial charge in [-0.25, -0.2) is 0 Å². The molecule has 0 saturated carbocycles.